The number of nitrogens with one attached hydrogen (secondary N) is 1. The van der Waals surface area contributed by atoms with Gasteiger partial charge >= 0.3 is 0 Å². The highest BCUT2D eigenvalue weighted by atomic mass is 16.2. The van der Waals surface area contributed by atoms with Crippen LogP contribution in [-0.2, 0) is 11.2 Å². The average Bonchev–Trinajstić information content (AvgIpc) is 2.51. The van der Waals surface area contributed by atoms with Gasteiger partial charge in [0.1, 0.15) is 0 Å². The molecule has 2 amide bonds. The zero-order valence-corrected chi connectivity index (χ0v) is 13.8. The molecule has 1 rings (SSSR count). The van der Waals surface area contributed by atoms with Crippen LogP contribution in [0.4, 0.5) is 5.69 Å². The molecule has 0 heterocycles. The molecule has 4 nitrogen and oxygen atoms in total. The summed E-state index contributed by atoms with van der Waals surface area (Å²) in [5, 5.41) is 2.87. The van der Waals surface area contributed by atoms with Crippen molar-refractivity contribution in [2.75, 3.05) is 5.32 Å². The second kappa shape index (κ2) is 9.98. The molecule has 0 aliphatic heterocycles. The minimum Gasteiger partial charge on any atom is -0.366 e. The Morgan fingerprint density at radius 3 is 2.36 bits per heavy atom. The van der Waals surface area contributed by atoms with Crippen molar-refractivity contribution in [3.8, 4) is 0 Å². The average molecular weight is 304 g/mol. The molecule has 122 valence electrons. The van der Waals surface area contributed by atoms with Gasteiger partial charge in [0, 0.05) is 17.7 Å². The summed E-state index contributed by atoms with van der Waals surface area (Å²) in [6, 6.07) is 5.33. The summed E-state index contributed by atoms with van der Waals surface area (Å²) >= 11 is 0. The van der Waals surface area contributed by atoms with Crippen molar-refractivity contribution in [1.29, 1.82) is 0 Å². The van der Waals surface area contributed by atoms with Gasteiger partial charge in [-0.25, -0.2) is 0 Å². The number of hydrogen-bond acceptors (Lipinski definition) is 2. The molecule has 0 bridgehead atoms. The quantitative estimate of drug-likeness (QED) is 0.640. The first-order valence-electron chi connectivity index (χ1n) is 8.31. The predicted octanol–water partition coefficient (Wildman–Crippen LogP) is 4.04. The molecule has 0 unspecified atom stereocenters. The number of hydrogen-bond donors (Lipinski definition) is 2. The molecule has 3 N–H and O–H groups in total. The maximum atomic E-state index is 11.6. The number of anilines is 1. The van der Waals surface area contributed by atoms with Gasteiger partial charge in [-0.05, 0) is 30.5 Å². The van der Waals surface area contributed by atoms with E-state index in [1.54, 1.807) is 19.1 Å². The first-order chi connectivity index (χ1) is 10.6. The standard InChI is InChI=1S/C18H28N2O2/c1-3-5-6-7-8-9-11-14-15(18(19)22)12-10-13-16(14)20-17(21)4-2/h10,12-13H,3-9,11H2,1-2H3,(H2,19,22)(H,20,21). The van der Waals surface area contributed by atoms with Gasteiger partial charge in [0.25, 0.3) is 0 Å². The molecule has 0 atom stereocenters. The van der Waals surface area contributed by atoms with E-state index in [2.05, 4.69) is 12.2 Å². The van der Waals surface area contributed by atoms with E-state index in [4.69, 9.17) is 5.73 Å². The van der Waals surface area contributed by atoms with Crippen LogP contribution in [0.1, 0.15) is 74.7 Å². The highest BCUT2D eigenvalue weighted by Crippen LogP contribution is 2.23. The van der Waals surface area contributed by atoms with Crippen LogP contribution in [0.3, 0.4) is 0 Å². The van der Waals surface area contributed by atoms with E-state index in [-0.39, 0.29) is 5.91 Å². The maximum Gasteiger partial charge on any atom is 0.249 e. The second-order valence-corrected chi connectivity index (χ2v) is 5.62. The molecule has 1 aromatic carbocycles. The van der Waals surface area contributed by atoms with Crippen molar-refractivity contribution in [3.63, 3.8) is 0 Å². The van der Waals surface area contributed by atoms with Crippen LogP contribution in [0.2, 0.25) is 0 Å². The Kier molecular flexibility index (Phi) is 8.26. The van der Waals surface area contributed by atoms with E-state index in [9.17, 15) is 9.59 Å². The minimum absolute atomic E-state index is 0.0502. The zero-order valence-electron chi connectivity index (χ0n) is 13.8. The molecular formula is C18H28N2O2. The van der Waals surface area contributed by atoms with Crippen molar-refractivity contribution in [1.82, 2.24) is 0 Å². The number of rotatable bonds is 10. The van der Waals surface area contributed by atoms with Crippen LogP contribution < -0.4 is 11.1 Å². The Labute approximate surface area is 133 Å². The van der Waals surface area contributed by atoms with Crippen LogP contribution in [0, 0.1) is 0 Å². The monoisotopic (exact) mass is 304 g/mol. The van der Waals surface area contributed by atoms with Gasteiger partial charge in [-0.15, -0.1) is 0 Å². The minimum atomic E-state index is -0.436. The Bertz CT molecular complexity index is 498. The maximum absolute atomic E-state index is 11.6. The van der Waals surface area contributed by atoms with Crippen LogP contribution in [-0.4, -0.2) is 11.8 Å². The van der Waals surface area contributed by atoms with Crippen molar-refractivity contribution < 1.29 is 9.59 Å². The van der Waals surface area contributed by atoms with E-state index >= 15 is 0 Å². The van der Waals surface area contributed by atoms with Gasteiger partial charge in [0.05, 0.1) is 0 Å². The number of benzene rings is 1. The molecule has 0 aliphatic rings. The fourth-order valence-corrected chi connectivity index (χ4v) is 2.52. The van der Waals surface area contributed by atoms with Gasteiger partial charge in [-0.2, -0.15) is 0 Å². The summed E-state index contributed by atoms with van der Waals surface area (Å²) in [5.41, 5.74) is 7.57. The number of nitrogens with two attached hydrogens (primary N) is 1. The lowest BCUT2D eigenvalue weighted by Crippen LogP contribution is -2.17. The lowest BCUT2D eigenvalue weighted by Gasteiger charge is -2.14. The molecule has 0 spiro atoms. The normalized spacial score (nSPS) is 10.5. The molecule has 0 aromatic heterocycles. The topological polar surface area (TPSA) is 72.2 Å². The zero-order chi connectivity index (χ0) is 16.4. The fourth-order valence-electron chi connectivity index (χ4n) is 2.52. The van der Waals surface area contributed by atoms with E-state index in [0.717, 1.165) is 30.5 Å². The van der Waals surface area contributed by atoms with Gasteiger partial charge in [-0.1, -0.05) is 52.0 Å². The van der Waals surface area contributed by atoms with E-state index in [0.29, 0.717) is 12.0 Å². The van der Waals surface area contributed by atoms with Crippen molar-refractivity contribution in [2.24, 2.45) is 5.73 Å². The van der Waals surface area contributed by atoms with Crippen LogP contribution in [0.15, 0.2) is 18.2 Å². The third-order valence-electron chi connectivity index (χ3n) is 3.82. The highest BCUT2D eigenvalue weighted by Gasteiger charge is 2.13. The predicted molar refractivity (Wildman–Crippen MR) is 91.0 cm³/mol. The van der Waals surface area contributed by atoms with Crippen LogP contribution >= 0.6 is 0 Å². The first kappa shape index (κ1) is 18.2. The summed E-state index contributed by atoms with van der Waals surface area (Å²) < 4.78 is 0. The number of carbonyl (C=O) groups is 2. The highest BCUT2D eigenvalue weighted by molar-refractivity contribution is 5.98. The lowest BCUT2D eigenvalue weighted by molar-refractivity contribution is -0.115. The van der Waals surface area contributed by atoms with Gasteiger partial charge in [0.15, 0.2) is 0 Å². The molecule has 0 saturated carbocycles. The van der Waals surface area contributed by atoms with E-state index in [1.165, 1.54) is 25.7 Å². The largest absolute Gasteiger partial charge is 0.366 e. The van der Waals surface area contributed by atoms with Gasteiger partial charge in [0.2, 0.25) is 11.8 Å². The summed E-state index contributed by atoms with van der Waals surface area (Å²) in [4.78, 5) is 23.2. The smallest absolute Gasteiger partial charge is 0.249 e. The second-order valence-electron chi connectivity index (χ2n) is 5.62. The molecular weight excluding hydrogens is 276 g/mol. The summed E-state index contributed by atoms with van der Waals surface area (Å²) in [6.07, 6.45) is 8.29. The summed E-state index contributed by atoms with van der Waals surface area (Å²) in [5.74, 6) is -0.487. The third-order valence-corrected chi connectivity index (χ3v) is 3.82. The van der Waals surface area contributed by atoms with Gasteiger partial charge in [-0.3, -0.25) is 9.59 Å². The summed E-state index contributed by atoms with van der Waals surface area (Å²) in [7, 11) is 0. The lowest BCUT2D eigenvalue weighted by atomic mass is 9.98. The summed E-state index contributed by atoms with van der Waals surface area (Å²) in [6.45, 7) is 4.01. The third kappa shape index (κ3) is 5.88. The molecule has 0 aliphatic carbocycles. The molecule has 1 aromatic rings. The molecule has 4 heteroatoms. The molecule has 0 radical (unpaired) electrons. The van der Waals surface area contributed by atoms with Crippen molar-refractivity contribution in [2.45, 2.75) is 65.2 Å². The van der Waals surface area contributed by atoms with E-state index in [1.807, 2.05) is 6.07 Å². The van der Waals surface area contributed by atoms with Crippen molar-refractivity contribution in [3.05, 3.63) is 29.3 Å². The van der Waals surface area contributed by atoms with Gasteiger partial charge < -0.3 is 11.1 Å². The SMILES string of the molecule is CCCCCCCCc1c(NC(=O)CC)cccc1C(N)=O. The number of unbranched alkanes of at least 4 members (excludes halogenated alkanes) is 5. The van der Waals surface area contributed by atoms with Crippen LogP contribution in [0.5, 0.6) is 0 Å². The Morgan fingerprint density at radius 2 is 1.73 bits per heavy atom. The van der Waals surface area contributed by atoms with E-state index < -0.39 is 5.91 Å². The Morgan fingerprint density at radius 1 is 1.05 bits per heavy atom. The first-order valence-corrected chi connectivity index (χ1v) is 8.31. The molecule has 0 fully saturated rings. The number of primary amides is 1. The number of carbonyl (C=O) groups excluding carboxylic acids is 2. The Balaban J connectivity index is 2.75. The van der Waals surface area contributed by atoms with Crippen molar-refractivity contribution >= 4 is 17.5 Å². The Hall–Kier alpha value is -1.84. The molecule has 0 saturated heterocycles. The fraction of sp³-hybridized carbons (Fsp3) is 0.556. The molecule has 22 heavy (non-hydrogen) atoms. The van der Waals surface area contributed by atoms with Crippen LogP contribution in [0.25, 0.3) is 0 Å². The number of amides is 2.